The van der Waals surface area contributed by atoms with Gasteiger partial charge in [0.25, 0.3) is 0 Å². The molecular formula is C51H59BrN2O4. The highest BCUT2D eigenvalue weighted by Gasteiger charge is 2.28. The highest BCUT2D eigenvalue weighted by Crippen LogP contribution is 2.46. The van der Waals surface area contributed by atoms with E-state index in [0.717, 1.165) is 31.3 Å². The monoisotopic (exact) mass is 842 g/mol. The maximum Gasteiger partial charge on any atom is 0.373 e. The standard InChI is InChI=1S/C24H28BrN.C24H27N.2CO2.CH4/c1-18-13-14-21-22(19-8-3-2-4-9-19)17-26(24(21)16-18)15-7-11-20-10-5-6-12-23(20)25;1-17-13-14-21-22(16-17)25-15-7-11-18-8-5-6-12-20(18)24(25)23(21)19-9-3-2-4-10-19;2*2-1-3;/h5-6,10,12-14,16-17,19H,2-4,7-9,11,15H2,1H3;5-6,8,12-14,16,19H,2-4,7,9-11,15H2,1H3;;;1H4. The van der Waals surface area contributed by atoms with E-state index in [1.807, 2.05) is 0 Å². The molecule has 0 radical (unpaired) electrons. The number of hydrogen-bond donors (Lipinski definition) is 0. The van der Waals surface area contributed by atoms with E-state index in [2.05, 4.69) is 130 Å². The lowest BCUT2D eigenvalue weighted by atomic mass is 9.81. The van der Waals surface area contributed by atoms with E-state index < -0.39 is 0 Å². The van der Waals surface area contributed by atoms with Crippen molar-refractivity contribution >= 4 is 50.0 Å². The molecule has 0 atom stereocenters. The molecule has 58 heavy (non-hydrogen) atoms. The van der Waals surface area contributed by atoms with Crippen LogP contribution in [0.3, 0.4) is 0 Å². The number of halogens is 1. The first-order chi connectivity index (χ1) is 27.9. The average Bonchev–Trinajstić information content (AvgIpc) is 3.67. The number of carbonyl (C=O) groups excluding carboxylic acids is 4. The molecule has 3 aliphatic rings. The Bertz CT molecular complexity index is 2320. The van der Waals surface area contributed by atoms with Gasteiger partial charge in [-0.3, -0.25) is 0 Å². The zero-order valence-electron chi connectivity index (χ0n) is 33.5. The lowest BCUT2D eigenvalue weighted by molar-refractivity contribution is -0.193. The van der Waals surface area contributed by atoms with Gasteiger partial charge in [-0.1, -0.05) is 129 Å². The molecule has 4 aromatic carbocycles. The van der Waals surface area contributed by atoms with Crippen molar-refractivity contribution in [3.8, 4) is 11.3 Å². The highest BCUT2D eigenvalue weighted by atomic mass is 79.9. The van der Waals surface area contributed by atoms with Crippen molar-refractivity contribution in [3.63, 3.8) is 0 Å². The van der Waals surface area contributed by atoms with Crippen LogP contribution in [0.25, 0.3) is 33.1 Å². The number of hydrogen-bond acceptors (Lipinski definition) is 4. The van der Waals surface area contributed by atoms with Crippen LogP contribution in [0.1, 0.15) is 130 Å². The van der Waals surface area contributed by atoms with Gasteiger partial charge in [-0.25, -0.2) is 0 Å². The van der Waals surface area contributed by atoms with Gasteiger partial charge in [0.2, 0.25) is 0 Å². The maximum absolute atomic E-state index is 8.12. The quantitative estimate of drug-likeness (QED) is 0.167. The van der Waals surface area contributed by atoms with Crippen molar-refractivity contribution in [1.29, 1.82) is 0 Å². The zero-order chi connectivity index (χ0) is 40.1. The molecule has 9 rings (SSSR count). The van der Waals surface area contributed by atoms with Crippen LogP contribution in [0.2, 0.25) is 0 Å². The Labute approximate surface area is 353 Å². The number of aryl methyl sites for hydroxylation is 6. The minimum absolute atomic E-state index is 0. The van der Waals surface area contributed by atoms with Gasteiger partial charge in [-0.15, -0.1) is 0 Å². The van der Waals surface area contributed by atoms with Crippen molar-refractivity contribution in [2.24, 2.45) is 0 Å². The molecule has 2 aliphatic carbocycles. The predicted molar refractivity (Wildman–Crippen MR) is 238 cm³/mol. The SMILES string of the molecule is C.Cc1ccc2c(C3CCCCC3)c3n(c2c1)CCCc1ccccc1-3.Cc1ccc2c(C3CCCCC3)cn(CCCc3ccccc3Br)c2c1.O=C=O.O=C=O. The Morgan fingerprint density at radius 1 is 0.672 bits per heavy atom. The van der Waals surface area contributed by atoms with Crippen LogP contribution in [-0.4, -0.2) is 21.4 Å². The summed E-state index contributed by atoms with van der Waals surface area (Å²) in [5.41, 5.74) is 14.9. The second kappa shape index (κ2) is 21.8. The molecule has 2 fully saturated rings. The van der Waals surface area contributed by atoms with Crippen molar-refractivity contribution in [3.05, 3.63) is 129 Å². The molecule has 3 heterocycles. The maximum atomic E-state index is 8.12. The van der Waals surface area contributed by atoms with Crippen LogP contribution in [-0.2, 0) is 45.1 Å². The summed E-state index contributed by atoms with van der Waals surface area (Å²) >= 11 is 3.68. The van der Waals surface area contributed by atoms with Crippen LogP contribution in [0.4, 0.5) is 0 Å². The van der Waals surface area contributed by atoms with E-state index in [9.17, 15) is 0 Å². The van der Waals surface area contributed by atoms with E-state index in [-0.39, 0.29) is 19.7 Å². The fourth-order valence-corrected chi connectivity index (χ4v) is 10.2. The van der Waals surface area contributed by atoms with Crippen molar-refractivity contribution in [2.75, 3.05) is 0 Å². The van der Waals surface area contributed by atoms with Gasteiger partial charge in [-0.2, -0.15) is 19.2 Å². The summed E-state index contributed by atoms with van der Waals surface area (Å²) < 4.78 is 6.40. The zero-order valence-corrected chi connectivity index (χ0v) is 35.1. The van der Waals surface area contributed by atoms with Gasteiger partial charge in [-0.05, 0) is 129 Å². The van der Waals surface area contributed by atoms with Crippen molar-refractivity contribution in [2.45, 2.75) is 136 Å². The number of nitrogens with zero attached hydrogens (tertiary/aromatic N) is 2. The highest BCUT2D eigenvalue weighted by molar-refractivity contribution is 9.10. The fourth-order valence-electron chi connectivity index (χ4n) is 9.71. The topological polar surface area (TPSA) is 78.1 Å². The summed E-state index contributed by atoms with van der Waals surface area (Å²) in [6.45, 7) is 6.67. The van der Waals surface area contributed by atoms with E-state index in [1.54, 1.807) is 16.8 Å². The molecule has 7 heteroatoms. The first-order valence-electron chi connectivity index (χ1n) is 20.9. The Kier molecular flexibility index (Phi) is 16.7. The van der Waals surface area contributed by atoms with Gasteiger partial charge in [0.1, 0.15) is 0 Å². The molecule has 1 aliphatic heterocycles. The summed E-state index contributed by atoms with van der Waals surface area (Å²) in [6.07, 6.45) is 21.6. The molecular weight excluding hydrogens is 784 g/mol. The summed E-state index contributed by atoms with van der Waals surface area (Å²) in [6, 6.07) is 31.9. The van der Waals surface area contributed by atoms with Gasteiger partial charge in [0, 0.05) is 51.1 Å². The van der Waals surface area contributed by atoms with E-state index in [4.69, 9.17) is 19.2 Å². The number of fused-ring (bicyclic) bond motifs is 6. The molecule has 0 saturated heterocycles. The predicted octanol–water partition coefficient (Wildman–Crippen LogP) is 13.5. The second-order valence-corrected chi connectivity index (χ2v) is 16.9. The number of aromatic nitrogens is 2. The van der Waals surface area contributed by atoms with Crippen LogP contribution in [0, 0.1) is 13.8 Å². The fraction of sp³-hybridized carbons (Fsp3) is 0.412. The number of benzene rings is 4. The van der Waals surface area contributed by atoms with Crippen LogP contribution in [0.15, 0.2) is 95.6 Å². The Morgan fingerprint density at radius 2 is 1.26 bits per heavy atom. The van der Waals surface area contributed by atoms with Crippen molar-refractivity contribution in [1.82, 2.24) is 9.13 Å². The summed E-state index contributed by atoms with van der Waals surface area (Å²) in [5, 5.41) is 3.01. The third kappa shape index (κ3) is 10.4. The molecule has 0 bridgehead atoms. The normalized spacial score (nSPS) is 15.0. The largest absolute Gasteiger partial charge is 0.373 e. The first kappa shape index (κ1) is 44.3. The summed E-state index contributed by atoms with van der Waals surface area (Å²) in [5.74, 6) is 1.50. The van der Waals surface area contributed by atoms with Crippen LogP contribution in [0.5, 0.6) is 0 Å². The van der Waals surface area contributed by atoms with E-state index >= 15 is 0 Å². The minimum atomic E-state index is 0. The second-order valence-electron chi connectivity index (χ2n) is 16.0. The van der Waals surface area contributed by atoms with E-state index in [1.165, 1.54) is 138 Å². The summed E-state index contributed by atoms with van der Waals surface area (Å²) in [4.78, 5) is 32.5. The average molecular weight is 844 g/mol. The van der Waals surface area contributed by atoms with Crippen LogP contribution < -0.4 is 0 Å². The molecule has 6 aromatic rings. The third-order valence-corrected chi connectivity index (χ3v) is 13.1. The van der Waals surface area contributed by atoms with Crippen LogP contribution >= 0.6 is 15.9 Å². The Hall–Kier alpha value is -4.80. The molecule has 304 valence electrons. The molecule has 0 unspecified atom stereocenters. The number of rotatable bonds is 6. The van der Waals surface area contributed by atoms with E-state index in [0.29, 0.717) is 0 Å². The Balaban J connectivity index is 0.000000192. The molecule has 0 spiro atoms. The van der Waals surface area contributed by atoms with Gasteiger partial charge in [0.05, 0.1) is 5.69 Å². The lowest BCUT2D eigenvalue weighted by Crippen LogP contribution is -2.06. The Morgan fingerprint density at radius 3 is 1.93 bits per heavy atom. The molecule has 2 saturated carbocycles. The molecule has 2 aromatic heterocycles. The van der Waals surface area contributed by atoms with Crippen molar-refractivity contribution < 1.29 is 19.2 Å². The van der Waals surface area contributed by atoms with Gasteiger partial charge >= 0.3 is 12.3 Å². The smallest absolute Gasteiger partial charge is 0.347 e. The lowest BCUT2D eigenvalue weighted by Gasteiger charge is -2.24. The molecule has 0 amide bonds. The molecule has 0 N–H and O–H groups in total. The third-order valence-electron chi connectivity index (χ3n) is 12.3. The minimum Gasteiger partial charge on any atom is -0.347 e. The molecule has 6 nitrogen and oxygen atoms in total. The summed E-state index contributed by atoms with van der Waals surface area (Å²) in [7, 11) is 0. The van der Waals surface area contributed by atoms with Gasteiger partial charge in [0.15, 0.2) is 0 Å². The first-order valence-corrected chi connectivity index (χ1v) is 21.7. The van der Waals surface area contributed by atoms with Gasteiger partial charge < -0.3 is 9.13 Å².